The second kappa shape index (κ2) is 12.4. The Hall–Kier alpha value is -3.41. The summed E-state index contributed by atoms with van der Waals surface area (Å²) < 4.78 is 97.7. The number of hydrogen-bond acceptors (Lipinski definition) is 10. The number of pyridine rings is 1. The highest BCUT2D eigenvalue weighted by atomic mass is 32.2. The lowest BCUT2D eigenvalue weighted by molar-refractivity contribution is -0.129. The summed E-state index contributed by atoms with van der Waals surface area (Å²) in [5.74, 6) is -1.98. The number of anilines is 3. The lowest BCUT2D eigenvalue weighted by Crippen LogP contribution is -2.44. The third-order valence-corrected chi connectivity index (χ3v) is 7.80. The molecule has 2 aromatic heterocycles. The van der Waals surface area contributed by atoms with Crippen LogP contribution in [0, 0.1) is 5.82 Å². The molecule has 0 spiro atoms. The maximum absolute atomic E-state index is 15.0. The van der Waals surface area contributed by atoms with Crippen LogP contribution >= 0.6 is 0 Å². The third kappa shape index (κ3) is 7.70. The fraction of sp³-hybridized carbons (Fsp3) is 0.480. The standard InChI is InChI=1S/C25H28F5N7O4S/c26-16-10-17(13-31-12-16)33-24-32-14-21-23(35-24)22(37-4-5-40-6-7-41-37)11-20(34-21)15-1-2-19(18(27)9-15)36-42(38,39)8-3-25(28,29)30/h1-2,9,11,14,16-17,31,36H,3-8,10,12-13H2,(H,32,33,35)/t16-,17-/m0/s1. The van der Waals surface area contributed by atoms with Gasteiger partial charge in [0.25, 0.3) is 0 Å². The van der Waals surface area contributed by atoms with Crippen LogP contribution in [0.2, 0.25) is 0 Å². The summed E-state index contributed by atoms with van der Waals surface area (Å²) in [6, 6.07) is 4.91. The van der Waals surface area contributed by atoms with E-state index in [0.717, 1.165) is 12.1 Å². The molecule has 17 heteroatoms. The SMILES string of the molecule is O=S(=O)(CCC(F)(F)F)Nc1ccc(-c2cc(N3CCOCCO3)c3nc(N[C@@H]4CNC[C@@H](F)C4)ncc3n2)cc1F. The highest BCUT2D eigenvalue weighted by Crippen LogP contribution is 2.32. The van der Waals surface area contributed by atoms with Crippen molar-refractivity contribution in [1.82, 2.24) is 20.3 Å². The fourth-order valence-corrected chi connectivity index (χ4v) is 5.63. The minimum atomic E-state index is -4.68. The number of sulfonamides is 1. The predicted octanol–water partition coefficient (Wildman–Crippen LogP) is 3.41. The molecular formula is C25H28F5N7O4S. The first-order chi connectivity index (χ1) is 20.0. The number of nitrogens with one attached hydrogen (secondary N) is 3. The number of halogens is 5. The molecule has 0 amide bonds. The monoisotopic (exact) mass is 617 g/mol. The van der Waals surface area contributed by atoms with Gasteiger partial charge in [0.2, 0.25) is 16.0 Å². The van der Waals surface area contributed by atoms with Crippen LogP contribution in [-0.4, -0.2) is 87.0 Å². The van der Waals surface area contributed by atoms with Crippen LogP contribution < -0.4 is 20.4 Å². The molecular weight excluding hydrogens is 589 g/mol. The summed E-state index contributed by atoms with van der Waals surface area (Å²) in [6.45, 7) is 2.16. The third-order valence-electron chi connectivity index (χ3n) is 6.52. The number of hydroxylamine groups is 1. The molecule has 2 fully saturated rings. The van der Waals surface area contributed by atoms with E-state index in [1.165, 1.54) is 12.3 Å². The van der Waals surface area contributed by atoms with Crippen LogP contribution in [0.4, 0.5) is 39.3 Å². The zero-order chi connectivity index (χ0) is 29.9. The molecule has 0 aliphatic carbocycles. The van der Waals surface area contributed by atoms with Gasteiger partial charge in [-0.15, -0.1) is 0 Å². The van der Waals surface area contributed by atoms with Crippen molar-refractivity contribution in [3.8, 4) is 11.3 Å². The molecule has 0 unspecified atom stereocenters. The molecule has 2 saturated heterocycles. The van der Waals surface area contributed by atoms with E-state index in [-0.39, 0.29) is 36.4 Å². The number of aromatic nitrogens is 3. The van der Waals surface area contributed by atoms with Gasteiger partial charge in [-0.2, -0.15) is 13.2 Å². The quantitative estimate of drug-likeness (QED) is 0.324. The smallest absolute Gasteiger partial charge is 0.377 e. The summed E-state index contributed by atoms with van der Waals surface area (Å²) >= 11 is 0. The first kappa shape index (κ1) is 30.1. The minimum Gasteiger partial charge on any atom is -0.377 e. The fourth-order valence-electron chi connectivity index (χ4n) is 4.53. The molecule has 2 aliphatic heterocycles. The Morgan fingerprint density at radius 2 is 1.95 bits per heavy atom. The molecule has 11 nitrogen and oxygen atoms in total. The van der Waals surface area contributed by atoms with Gasteiger partial charge in [0, 0.05) is 31.1 Å². The van der Waals surface area contributed by atoms with E-state index in [1.54, 1.807) is 11.1 Å². The summed E-state index contributed by atoms with van der Waals surface area (Å²) in [4.78, 5) is 19.3. The molecule has 0 bridgehead atoms. The van der Waals surface area contributed by atoms with Crippen molar-refractivity contribution in [3.63, 3.8) is 0 Å². The highest BCUT2D eigenvalue weighted by Gasteiger charge is 2.30. The molecule has 3 N–H and O–H groups in total. The van der Waals surface area contributed by atoms with Gasteiger partial charge in [0.15, 0.2) is 0 Å². The van der Waals surface area contributed by atoms with Crippen molar-refractivity contribution < 1.29 is 39.9 Å². The van der Waals surface area contributed by atoms with Crippen molar-refractivity contribution in [1.29, 1.82) is 0 Å². The first-order valence-electron chi connectivity index (χ1n) is 13.1. The number of piperidine rings is 1. The van der Waals surface area contributed by atoms with E-state index in [4.69, 9.17) is 9.57 Å². The van der Waals surface area contributed by atoms with E-state index in [0.29, 0.717) is 49.4 Å². The second-order valence-corrected chi connectivity index (χ2v) is 11.7. The van der Waals surface area contributed by atoms with Gasteiger partial charge in [-0.05, 0) is 18.2 Å². The average molecular weight is 618 g/mol. The van der Waals surface area contributed by atoms with E-state index < -0.39 is 46.0 Å². The minimum absolute atomic E-state index is 0.225. The summed E-state index contributed by atoms with van der Waals surface area (Å²) in [5, 5.41) is 7.73. The molecule has 228 valence electrons. The van der Waals surface area contributed by atoms with Gasteiger partial charge in [-0.1, -0.05) is 6.07 Å². The van der Waals surface area contributed by atoms with Crippen molar-refractivity contribution in [2.75, 3.05) is 60.3 Å². The number of hydrogen-bond donors (Lipinski definition) is 3. The topological polar surface area (TPSA) is 131 Å². The Morgan fingerprint density at radius 1 is 1.12 bits per heavy atom. The zero-order valence-corrected chi connectivity index (χ0v) is 22.9. The van der Waals surface area contributed by atoms with Crippen molar-refractivity contribution in [2.45, 2.75) is 31.2 Å². The largest absolute Gasteiger partial charge is 0.390 e. The number of fused-ring (bicyclic) bond motifs is 1. The molecule has 1 aromatic carbocycles. The van der Waals surface area contributed by atoms with Crippen molar-refractivity contribution in [3.05, 3.63) is 36.3 Å². The van der Waals surface area contributed by atoms with Crippen LogP contribution in [-0.2, 0) is 19.6 Å². The van der Waals surface area contributed by atoms with Gasteiger partial charge >= 0.3 is 6.18 Å². The number of ether oxygens (including phenoxy) is 1. The first-order valence-corrected chi connectivity index (χ1v) is 14.8. The second-order valence-electron chi connectivity index (χ2n) is 9.82. The van der Waals surface area contributed by atoms with Gasteiger partial charge in [-0.25, -0.2) is 37.2 Å². The summed E-state index contributed by atoms with van der Waals surface area (Å²) in [6.07, 6.45) is -5.48. The maximum atomic E-state index is 15.0. The zero-order valence-electron chi connectivity index (χ0n) is 22.1. The maximum Gasteiger partial charge on any atom is 0.390 e. The molecule has 3 aromatic rings. The summed E-state index contributed by atoms with van der Waals surface area (Å²) in [7, 11) is -4.45. The number of benzene rings is 1. The molecule has 5 rings (SSSR count). The number of nitrogens with zero attached hydrogens (tertiary/aromatic N) is 4. The highest BCUT2D eigenvalue weighted by molar-refractivity contribution is 7.92. The molecule has 2 aliphatic rings. The summed E-state index contributed by atoms with van der Waals surface area (Å²) in [5.41, 5.74) is 1.26. The molecule has 42 heavy (non-hydrogen) atoms. The number of rotatable bonds is 8. The Labute approximate surface area is 237 Å². The average Bonchev–Trinajstić information content (AvgIpc) is 3.22. The van der Waals surface area contributed by atoms with Crippen LogP contribution in [0.3, 0.4) is 0 Å². The van der Waals surface area contributed by atoms with E-state index in [1.807, 2.05) is 4.72 Å². The molecule has 0 saturated carbocycles. The lowest BCUT2D eigenvalue weighted by atomic mass is 10.1. The molecule has 2 atom stereocenters. The van der Waals surface area contributed by atoms with Crippen LogP contribution in [0.25, 0.3) is 22.3 Å². The van der Waals surface area contributed by atoms with Gasteiger partial charge < -0.3 is 15.4 Å². The Balaban J connectivity index is 1.46. The van der Waals surface area contributed by atoms with Crippen LogP contribution in [0.5, 0.6) is 0 Å². The lowest BCUT2D eigenvalue weighted by Gasteiger charge is -2.26. The molecule has 4 heterocycles. The van der Waals surface area contributed by atoms with E-state index in [2.05, 4.69) is 25.6 Å². The van der Waals surface area contributed by atoms with Crippen molar-refractivity contribution >= 4 is 38.4 Å². The molecule has 0 radical (unpaired) electrons. The van der Waals surface area contributed by atoms with Crippen LogP contribution in [0.15, 0.2) is 30.5 Å². The Morgan fingerprint density at radius 3 is 2.71 bits per heavy atom. The van der Waals surface area contributed by atoms with Crippen LogP contribution in [0.1, 0.15) is 12.8 Å². The Kier molecular flexibility index (Phi) is 8.91. The Bertz CT molecular complexity index is 1520. The van der Waals surface area contributed by atoms with Gasteiger partial charge in [0.05, 0.1) is 61.8 Å². The predicted molar refractivity (Wildman–Crippen MR) is 145 cm³/mol. The van der Waals surface area contributed by atoms with E-state index >= 15 is 0 Å². The van der Waals surface area contributed by atoms with E-state index in [9.17, 15) is 30.4 Å². The normalized spacial score (nSPS) is 20.4. The number of alkyl halides is 4. The van der Waals surface area contributed by atoms with Crippen molar-refractivity contribution in [2.24, 2.45) is 0 Å². The van der Waals surface area contributed by atoms with Gasteiger partial charge in [-0.3, -0.25) is 9.56 Å². The van der Waals surface area contributed by atoms with Gasteiger partial charge in [0.1, 0.15) is 23.0 Å².